The summed E-state index contributed by atoms with van der Waals surface area (Å²) in [5.74, 6) is 0.706. The van der Waals surface area contributed by atoms with Crippen molar-refractivity contribution in [3.05, 3.63) is 35.6 Å². The Hall–Kier alpha value is -1.52. The molecule has 4 nitrogen and oxygen atoms in total. The van der Waals surface area contributed by atoms with Gasteiger partial charge < -0.3 is 10.5 Å². The van der Waals surface area contributed by atoms with Crippen molar-refractivity contribution in [1.29, 1.82) is 0 Å². The predicted octanol–water partition coefficient (Wildman–Crippen LogP) is 2.56. The Balaban J connectivity index is 2.24. The van der Waals surface area contributed by atoms with E-state index in [2.05, 4.69) is 5.10 Å². The highest BCUT2D eigenvalue weighted by molar-refractivity contribution is 6.32. The second-order valence-corrected chi connectivity index (χ2v) is 4.27. The molecule has 0 fully saturated rings. The molecular weight excluding hydrogens is 250 g/mol. The van der Waals surface area contributed by atoms with E-state index in [0.29, 0.717) is 30.5 Å². The lowest BCUT2D eigenvalue weighted by molar-refractivity contribution is 0.340. The Kier molecular flexibility index (Phi) is 4.23. The lowest BCUT2D eigenvalue weighted by Gasteiger charge is -2.06. The zero-order chi connectivity index (χ0) is 13.0. The summed E-state index contributed by atoms with van der Waals surface area (Å²) in [6.07, 6.45) is 3.76. The molecular formula is C13H16ClN3O. The number of aromatic nitrogens is 2. The van der Waals surface area contributed by atoms with E-state index in [1.54, 1.807) is 0 Å². The third kappa shape index (κ3) is 2.83. The van der Waals surface area contributed by atoms with Gasteiger partial charge in [-0.2, -0.15) is 5.10 Å². The maximum absolute atomic E-state index is 6.15. The zero-order valence-electron chi connectivity index (χ0n) is 10.3. The smallest absolute Gasteiger partial charge is 0.137 e. The third-order valence-corrected chi connectivity index (χ3v) is 2.85. The predicted molar refractivity (Wildman–Crippen MR) is 72.9 cm³/mol. The maximum Gasteiger partial charge on any atom is 0.137 e. The largest absolute Gasteiger partial charge is 0.492 e. The fourth-order valence-electron chi connectivity index (χ4n) is 1.72. The fraction of sp³-hybridized carbons (Fsp3) is 0.308. The number of hydrogen-bond acceptors (Lipinski definition) is 3. The van der Waals surface area contributed by atoms with Gasteiger partial charge in [-0.3, -0.25) is 4.68 Å². The molecule has 1 aromatic heterocycles. The van der Waals surface area contributed by atoms with Crippen molar-refractivity contribution in [1.82, 2.24) is 9.78 Å². The summed E-state index contributed by atoms with van der Waals surface area (Å²) in [7, 11) is 0. The summed E-state index contributed by atoms with van der Waals surface area (Å²) >= 11 is 6.15. The van der Waals surface area contributed by atoms with Crippen molar-refractivity contribution in [2.75, 3.05) is 13.2 Å². The van der Waals surface area contributed by atoms with E-state index in [4.69, 9.17) is 22.1 Å². The van der Waals surface area contributed by atoms with Crippen LogP contribution >= 0.6 is 11.6 Å². The molecule has 5 heteroatoms. The van der Waals surface area contributed by atoms with Crippen LogP contribution in [0.15, 0.2) is 30.6 Å². The first kappa shape index (κ1) is 12.9. The molecule has 0 aliphatic rings. The number of hydrogen-bond donors (Lipinski definition) is 1. The van der Waals surface area contributed by atoms with Gasteiger partial charge in [-0.1, -0.05) is 17.7 Å². The Morgan fingerprint density at radius 1 is 1.39 bits per heavy atom. The van der Waals surface area contributed by atoms with E-state index in [-0.39, 0.29) is 0 Å². The maximum atomic E-state index is 6.15. The van der Waals surface area contributed by atoms with Crippen molar-refractivity contribution < 1.29 is 4.74 Å². The Labute approximate surface area is 111 Å². The number of rotatable bonds is 5. The van der Waals surface area contributed by atoms with E-state index < -0.39 is 0 Å². The topological polar surface area (TPSA) is 53.1 Å². The number of ether oxygens (including phenoxy) is 1. The quantitative estimate of drug-likeness (QED) is 0.904. The van der Waals surface area contributed by atoms with Gasteiger partial charge >= 0.3 is 0 Å². The summed E-state index contributed by atoms with van der Waals surface area (Å²) in [6, 6.07) is 5.73. The van der Waals surface area contributed by atoms with E-state index >= 15 is 0 Å². The average molecular weight is 266 g/mol. The first-order chi connectivity index (χ1) is 8.74. The summed E-state index contributed by atoms with van der Waals surface area (Å²) in [4.78, 5) is 0. The molecule has 0 radical (unpaired) electrons. The van der Waals surface area contributed by atoms with Crippen LogP contribution in [0.3, 0.4) is 0 Å². The summed E-state index contributed by atoms with van der Waals surface area (Å²) < 4.78 is 7.22. The van der Waals surface area contributed by atoms with Crippen LogP contribution < -0.4 is 10.5 Å². The SMILES string of the molecule is CCOc1ccc(-c2cnn(CCN)c2)cc1Cl. The molecule has 1 heterocycles. The van der Waals surface area contributed by atoms with Gasteiger partial charge in [0.15, 0.2) is 0 Å². The monoisotopic (exact) mass is 265 g/mol. The molecule has 0 amide bonds. The Bertz CT molecular complexity index is 525. The van der Waals surface area contributed by atoms with Crippen LogP contribution in [-0.2, 0) is 6.54 Å². The second kappa shape index (κ2) is 5.89. The molecule has 0 aliphatic heterocycles. The molecule has 1 aromatic carbocycles. The molecule has 0 aliphatic carbocycles. The zero-order valence-corrected chi connectivity index (χ0v) is 11.0. The van der Waals surface area contributed by atoms with Crippen LogP contribution in [0.4, 0.5) is 0 Å². The Morgan fingerprint density at radius 2 is 2.22 bits per heavy atom. The van der Waals surface area contributed by atoms with Crippen molar-refractivity contribution in [3.63, 3.8) is 0 Å². The fourth-order valence-corrected chi connectivity index (χ4v) is 1.96. The second-order valence-electron chi connectivity index (χ2n) is 3.86. The number of benzene rings is 1. The molecule has 0 bridgehead atoms. The molecule has 0 spiro atoms. The molecule has 0 unspecified atom stereocenters. The molecule has 96 valence electrons. The van der Waals surface area contributed by atoms with Gasteiger partial charge in [-0.15, -0.1) is 0 Å². The minimum Gasteiger partial charge on any atom is -0.492 e. The van der Waals surface area contributed by atoms with Gasteiger partial charge in [0.2, 0.25) is 0 Å². The lowest BCUT2D eigenvalue weighted by atomic mass is 10.1. The van der Waals surface area contributed by atoms with Crippen molar-refractivity contribution in [2.24, 2.45) is 5.73 Å². The molecule has 2 rings (SSSR count). The van der Waals surface area contributed by atoms with Crippen molar-refractivity contribution in [2.45, 2.75) is 13.5 Å². The van der Waals surface area contributed by atoms with Crippen molar-refractivity contribution in [3.8, 4) is 16.9 Å². The molecule has 2 aromatic rings. The summed E-state index contributed by atoms with van der Waals surface area (Å²) in [6.45, 7) is 3.82. The van der Waals surface area contributed by atoms with E-state index in [1.807, 2.05) is 42.2 Å². The van der Waals surface area contributed by atoms with Crippen LogP contribution in [0, 0.1) is 0 Å². The van der Waals surface area contributed by atoms with Gasteiger partial charge in [0.05, 0.1) is 24.4 Å². The minimum absolute atomic E-state index is 0.575. The van der Waals surface area contributed by atoms with Gasteiger partial charge in [0, 0.05) is 18.3 Å². The van der Waals surface area contributed by atoms with Crippen molar-refractivity contribution >= 4 is 11.6 Å². The van der Waals surface area contributed by atoms with Gasteiger partial charge in [-0.25, -0.2) is 0 Å². The van der Waals surface area contributed by atoms with Gasteiger partial charge in [0.25, 0.3) is 0 Å². The van der Waals surface area contributed by atoms with Crippen LogP contribution in [-0.4, -0.2) is 22.9 Å². The van der Waals surface area contributed by atoms with Gasteiger partial charge in [0.1, 0.15) is 5.75 Å². The van der Waals surface area contributed by atoms with Crippen LogP contribution in [0.25, 0.3) is 11.1 Å². The highest BCUT2D eigenvalue weighted by Gasteiger charge is 2.06. The van der Waals surface area contributed by atoms with E-state index in [0.717, 1.165) is 11.1 Å². The molecule has 0 saturated heterocycles. The van der Waals surface area contributed by atoms with Gasteiger partial charge in [-0.05, 0) is 24.6 Å². The number of nitrogens with two attached hydrogens (primary N) is 1. The third-order valence-electron chi connectivity index (χ3n) is 2.56. The van der Waals surface area contributed by atoms with Crippen LogP contribution in [0.2, 0.25) is 5.02 Å². The average Bonchev–Trinajstić information content (AvgIpc) is 2.81. The first-order valence-corrected chi connectivity index (χ1v) is 6.27. The minimum atomic E-state index is 0.575. The standard InChI is InChI=1S/C13H16ClN3O/c1-2-18-13-4-3-10(7-12(13)14)11-8-16-17(9-11)6-5-15/h3-4,7-9H,2,5-6,15H2,1H3. The lowest BCUT2D eigenvalue weighted by Crippen LogP contribution is -2.09. The number of halogens is 1. The number of nitrogens with zero attached hydrogens (tertiary/aromatic N) is 2. The molecule has 18 heavy (non-hydrogen) atoms. The first-order valence-electron chi connectivity index (χ1n) is 5.90. The van der Waals surface area contributed by atoms with E-state index in [9.17, 15) is 0 Å². The highest BCUT2D eigenvalue weighted by atomic mass is 35.5. The summed E-state index contributed by atoms with van der Waals surface area (Å²) in [5, 5.41) is 4.85. The van der Waals surface area contributed by atoms with Crippen LogP contribution in [0.1, 0.15) is 6.92 Å². The van der Waals surface area contributed by atoms with E-state index in [1.165, 1.54) is 0 Å². The molecule has 0 saturated carbocycles. The molecule has 2 N–H and O–H groups in total. The van der Waals surface area contributed by atoms with Crippen LogP contribution in [0.5, 0.6) is 5.75 Å². The summed E-state index contributed by atoms with van der Waals surface area (Å²) in [5.41, 5.74) is 7.53. The molecule has 0 atom stereocenters. The normalized spacial score (nSPS) is 10.6. The Morgan fingerprint density at radius 3 is 2.89 bits per heavy atom. The highest BCUT2D eigenvalue weighted by Crippen LogP contribution is 2.30.